The zero-order valence-electron chi connectivity index (χ0n) is 14.0. The molecule has 25 heavy (non-hydrogen) atoms. The van der Waals surface area contributed by atoms with Crippen molar-refractivity contribution in [3.05, 3.63) is 59.7 Å². The zero-order valence-corrected chi connectivity index (χ0v) is 14.0. The van der Waals surface area contributed by atoms with Gasteiger partial charge in [0.1, 0.15) is 0 Å². The van der Waals surface area contributed by atoms with E-state index in [1.54, 1.807) is 0 Å². The van der Waals surface area contributed by atoms with Crippen LogP contribution in [0, 0.1) is 0 Å². The second-order valence-electron chi connectivity index (χ2n) is 6.28. The van der Waals surface area contributed by atoms with Crippen LogP contribution < -0.4 is 10.6 Å². The van der Waals surface area contributed by atoms with E-state index >= 15 is 0 Å². The van der Waals surface area contributed by atoms with E-state index in [0.29, 0.717) is 11.5 Å². The lowest BCUT2D eigenvalue weighted by Gasteiger charge is -2.27. The van der Waals surface area contributed by atoms with E-state index in [1.165, 1.54) is 5.56 Å². The maximum absolute atomic E-state index is 12.4. The summed E-state index contributed by atoms with van der Waals surface area (Å²) in [6.07, 6.45) is 0. The van der Waals surface area contributed by atoms with E-state index in [-0.39, 0.29) is 5.91 Å². The van der Waals surface area contributed by atoms with Crippen LogP contribution in [0.4, 0.5) is 5.95 Å². The standard InChI is InChI=1S/C19H21N5O/c25-18(23-19-21-16-3-1-2-4-17(16)22-19)15-7-5-14(6-8-15)13-24-11-9-20-10-12-24/h1-8,20H,9-13H2,(H2,21,22,23,25). The van der Waals surface area contributed by atoms with Crippen LogP contribution in [0.1, 0.15) is 15.9 Å². The van der Waals surface area contributed by atoms with E-state index in [9.17, 15) is 4.79 Å². The van der Waals surface area contributed by atoms with Gasteiger partial charge in [-0.3, -0.25) is 15.0 Å². The summed E-state index contributed by atoms with van der Waals surface area (Å²) in [5.74, 6) is 0.309. The molecule has 1 amide bonds. The Bertz CT molecular complexity index is 832. The van der Waals surface area contributed by atoms with Crippen molar-refractivity contribution >= 4 is 22.9 Å². The van der Waals surface area contributed by atoms with Gasteiger partial charge in [0.25, 0.3) is 5.91 Å². The molecule has 3 N–H and O–H groups in total. The van der Waals surface area contributed by atoms with Crippen LogP contribution in [0.2, 0.25) is 0 Å². The number of piperazine rings is 1. The van der Waals surface area contributed by atoms with E-state index in [4.69, 9.17) is 0 Å². The van der Waals surface area contributed by atoms with Crippen LogP contribution >= 0.6 is 0 Å². The SMILES string of the molecule is O=C(Nc1nc2ccccc2[nH]1)c1ccc(CN2CCNCC2)cc1. The number of benzene rings is 2. The van der Waals surface area contributed by atoms with Gasteiger partial charge in [-0.05, 0) is 29.8 Å². The second-order valence-corrected chi connectivity index (χ2v) is 6.28. The highest BCUT2D eigenvalue weighted by Crippen LogP contribution is 2.15. The molecule has 0 saturated carbocycles. The molecule has 128 valence electrons. The van der Waals surface area contributed by atoms with Crippen LogP contribution in [0.15, 0.2) is 48.5 Å². The van der Waals surface area contributed by atoms with Crippen molar-refractivity contribution < 1.29 is 4.79 Å². The average molecular weight is 335 g/mol. The van der Waals surface area contributed by atoms with Crippen LogP contribution in [0.25, 0.3) is 11.0 Å². The molecule has 0 aliphatic carbocycles. The summed E-state index contributed by atoms with van der Waals surface area (Å²) in [6, 6.07) is 15.5. The normalized spacial score (nSPS) is 15.4. The first-order chi connectivity index (χ1) is 12.3. The highest BCUT2D eigenvalue weighted by Gasteiger charge is 2.12. The molecule has 0 atom stereocenters. The topological polar surface area (TPSA) is 73.0 Å². The highest BCUT2D eigenvalue weighted by atomic mass is 16.1. The average Bonchev–Trinajstić information content (AvgIpc) is 3.05. The summed E-state index contributed by atoms with van der Waals surface area (Å²) in [5, 5.41) is 6.18. The summed E-state index contributed by atoms with van der Waals surface area (Å²) < 4.78 is 0. The molecule has 3 aromatic rings. The zero-order chi connectivity index (χ0) is 17.1. The van der Waals surface area contributed by atoms with Crippen molar-refractivity contribution in [2.24, 2.45) is 0 Å². The van der Waals surface area contributed by atoms with Crippen molar-refractivity contribution in [3.8, 4) is 0 Å². The largest absolute Gasteiger partial charge is 0.324 e. The number of nitrogens with zero attached hydrogens (tertiary/aromatic N) is 2. The van der Waals surface area contributed by atoms with Crippen molar-refractivity contribution in [3.63, 3.8) is 0 Å². The van der Waals surface area contributed by atoms with Gasteiger partial charge < -0.3 is 10.3 Å². The maximum atomic E-state index is 12.4. The number of H-pyrrole nitrogens is 1. The van der Waals surface area contributed by atoms with Gasteiger partial charge in [0.05, 0.1) is 11.0 Å². The van der Waals surface area contributed by atoms with E-state index < -0.39 is 0 Å². The van der Waals surface area contributed by atoms with Gasteiger partial charge in [0.2, 0.25) is 5.95 Å². The minimum Gasteiger partial charge on any atom is -0.324 e. The number of imidazole rings is 1. The molecule has 1 saturated heterocycles. The molecule has 0 unspecified atom stereocenters. The van der Waals surface area contributed by atoms with Gasteiger partial charge in [-0.2, -0.15) is 0 Å². The molecule has 1 fully saturated rings. The van der Waals surface area contributed by atoms with Crippen molar-refractivity contribution in [1.82, 2.24) is 20.2 Å². The fourth-order valence-electron chi connectivity index (χ4n) is 3.08. The first kappa shape index (κ1) is 15.8. The van der Waals surface area contributed by atoms with E-state index in [1.807, 2.05) is 48.5 Å². The monoisotopic (exact) mass is 335 g/mol. The van der Waals surface area contributed by atoms with Crippen LogP contribution in [0.3, 0.4) is 0 Å². The first-order valence-electron chi connectivity index (χ1n) is 8.56. The number of aromatic nitrogens is 2. The van der Waals surface area contributed by atoms with Gasteiger partial charge in [-0.25, -0.2) is 4.98 Å². The number of fused-ring (bicyclic) bond motifs is 1. The Balaban J connectivity index is 1.41. The summed E-state index contributed by atoms with van der Waals surface area (Å²) in [7, 11) is 0. The highest BCUT2D eigenvalue weighted by molar-refractivity contribution is 6.03. The second kappa shape index (κ2) is 7.04. The number of hydrogen-bond acceptors (Lipinski definition) is 4. The number of nitrogens with one attached hydrogen (secondary N) is 3. The number of rotatable bonds is 4. The number of aromatic amines is 1. The Hall–Kier alpha value is -2.70. The van der Waals surface area contributed by atoms with Crippen LogP contribution in [-0.4, -0.2) is 47.0 Å². The number of amides is 1. The van der Waals surface area contributed by atoms with Crippen molar-refractivity contribution in [1.29, 1.82) is 0 Å². The van der Waals surface area contributed by atoms with Gasteiger partial charge in [0, 0.05) is 38.3 Å². The number of hydrogen-bond donors (Lipinski definition) is 3. The lowest BCUT2D eigenvalue weighted by Crippen LogP contribution is -2.42. The molecule has 1 aliphatic rings. The van der Waals surface area contributed by atoms with Gasteiger partial charge >= 0.3 is 0 Å². The Morgan fingerprint density at radius 2 is 1.84 bits per heavy atom. The molecule has 2 heterocycles. The Labute approximate surface area is 146 Å². The molecule has 6 heteroatoms. The molecular formula is C19H21N5O. The predicted molar refractivity (Wildman–Crippen MR) is 98.6 cm³/mol. The Kier molecular flexibility index (Phi) is 4.45. The number of carbonyl (C=O) groups excluding carboxylic acids is 1. The summed E-state index contributed by atoms with van der Waals surface area (Å²) in [4.78, 5) is 22.3. The third-order valence-electron chi connectivity index (χ3n) is 4.45. The minimum absolute atomic E-state index is 0.159. The first-order valence-corrected chi connectivity index (χ1v) is 8.56. The maximum Gasteiger partial charge on any atom is 0.257 e. The summed E-state index contributed by atoms with van der Waals surface area (Å²) in [6.45, 7) is 5.13. The molecular weight excluding hydrogens is 314 g/mol. The van der Waals surface area contributed by atoms with Crippen LogP contribution in [-0.2, 0) is 6.54 Å². The van der Waals surface area contributed by atoms with Gasteiger partial charge in [-0.1, -0.05) is 24.3 Å². The quantitative estimate of drug-likeness (QED) is 0.683. The molecule has 1 aliphatic heterocycles. The number of para-hydroxylation sites is 2. The fraction of sp³-hybridized carbons (Fsp3) is 0.263. The lowest BCUT2D eigenvalue weighted by atomic mass is 10.1. The molecule has 6 nitrogen and oxygen atoms in total. The number of carbonyl (C=O) groups is 1. The molecule has 0 radical (unpaired) electrons. The molecule has 1 aromatic heterocycles. The Morgan fingerprint density at radius 1 is 1.08 bits per heavy atom. The van der Waals surface area contributed by atoms with Crippen molar-refractivity contribution in [2.45, 2.75) is 6.54 Å². The van der Waals surface area contributed by atoms with Crippen molar-refractivity contribution in [2.75, 3.05) is 31.5 Å². The van der Waals surface area contributed by atoms with E-state index in [2.05, 4.69) is 25.5 Å². The van der Waals surface area contributed by atoms with Crippen LogP contribution in [0.5, 0.6) is 0 Å². The van der Waals surface area contributed by atoms with Gasteiger partial charge in [0.15, 0.2) is 0 Å². The summed E-state index contributed by atoms with van der Waals surface area (Å²) >= 11 is 0. The number of anilines is 1. The molecule has 0 spiro atoms. The predicted octanol–water partition coefficient (Wildman–Crippen LogP) is 2.22. The molecule has 0 bridgehead atoms. The molecule has 4 rings (SSSR count). The summed E-state index contributed by atoms with van der Waals surface area (Å²) in [5.41, 5.74) is 3.60. The minimum atomic E-state index is -0.159. The molecule has 2 aromatic carbocycles. The lowest BCUT2D eigenvalue weighted by molar-refractivity contribution is 0.102. The Morgan fingerprint density at radius 3 is 2.60 bits per heavy atom. The third-order valence-corrected chi connectivity index (χ3v) is 4.45. The fourth-order valence-corrected chi connectivity index (χ4v) is 3.08. The van der Waals surface area contributed by atoms with Gasteiger partial charge in [-0.15, -0.1) is 0 Å². The van der Waals surface area contributed by atoms with E-state index in [0.717, 1.165) is 43.8 Å². The third kappa shape index (κ3) is 3.70. The smallest absolute Gasteiger partial charge is 0.257 e.